The van der Waals surface area contributed by atoms with Crippen LogP contribution in [-0.4, -0.2) is 23.0 Å². The van der Waals surface area contributed by atoms with E-state index in [1.54, 1.807) is 30.3 Å². The lowest BCUT2D eigenvalue weighted by Gasteiger charge is -2.04. The van der Waals surface area contributed by atoms with E-state index in [-0.39, 0.29) is 0 Å². The summed E-state index contributed by atoms with van der Waals surface area (Å²) in [4.78, 5) is 24.2. The van der Waals surface area contributed by atoms with E-state index in [4.69, 9.17) is 11.6 Å². The topological polar surface area (TPSA) is 49.7 Å². The van der Waals surface area contributed by atoms with Crippen molar-refractivity contribution in [1.29, 1.82) is 0 Å². The van der Waals surface area contributed by atoms with Crippen LogP contribution in [0.5, 0.6) is 0 Å². The molecule has 0 N–H and O–H groups in total. The predicted octanol–water partition coefficient (Wildman–Crippen LogP) is 3.55. The minimum Gasteiger partial charge on any atom is -0.267 e. The molecule has 0 atom stereocenters. The zero-order chi connectivity index (χ0) is 15.5. The zero-order valence-corrected chi connectivity index (χ0v) is 12.2. The third-order valence-corrected chi connectivity index (χ3v) is 3.38. The number of carbonyl (C=O) groups excluding carboxylic acids is 2. The van der Waals surface area contributed by atoms with Gasteiger partial charge in [0, 0.05) is 0 Å². The van der Waals surface area contributed by atoms with Crippen molar-refractivity contribution in [3.05, 3.63) is 76.3 Å². The van der Waals surface area contributed by atoms with Crippen LogP contribution in [0.1, 0.15) is 26.3 Å². The summed E-state index contributed by atoms with van der Waals surface area (Å²) in [5, 5.41) is 5.05. The Bertz CT molecular complexity index is 762. The highest BCUT2D eigenvalue weighted by Gasteiger charge is 2.35. The fourth-order valence-corrected chi connectivity index (χ4v) is 2.31. The van der Waals surface area contributed by atoms with Gasteiger partial charge in [-0.1, -0.05) is 54.1 Å². The van der Waals surface area contributed by atoms with Gasteiger partial charge in [0.1, 0.15) is 0 Å². The van der Waals surface area contributed by atoms with Crippen LogP contribution in [0.3, 0.4) is 0 Å². The molecule has 0 saturated carbocycles. The van der Waals surface area contributed by atoms with Gasteiger partial charge in [-0.25, -0.2) is 0 Å². The Labute approximate surface area is 132 Å². The molecule has 1 aliphatic heterocycles. The van der Waals surface area contributed by atoms with Crippen molar-refractivity contribution in [3.8, 4) is 0 Å². The van der Waals surface area contributed by atoms with Crippen LogP contribution >= 0.6 is 11.6 Å². The number of rotatable bonds is 3. The van der Waals surface area contributed by atoms with Crippen molar-refractivity contribution in [2.75, 3.05) is 0 Å². The molecule has 0 aromatic heterocycles. The second kappa shape index (κ2) is 5.95. The summed E-state index contributed by atoms with van der Waals surface area (Å²) < 4.78 is 0. The first-order valence-corrected chi connectivity index (χ1v) is 6.98. The number of fused-ring (bicyclic) bond motifs is 1. The number of benzene rings is 2. The van der Waals surface area contributed by atoms with E-state index in [2.05, 4.69) is 5.10 Å². The van der Waals surface area contributed by atoms with E-state index in [0.29, 0.717) is 16.2 Å². The van der Waals surface area contributed by atoms with Crippen LogP contribution in [0, 0.1) is 0 Å². The summed E-state index contributed by atoms with van der Waals surface area (Å²) in [5.41, 5.74) is 1.61. The number of hydrazone groups is 1. The Morgan fingerprint density at radius 2 is 1.45 bits per heavy atom. The lowest BCUT2D eigenvalue weighted by atomic mass is 10.1. The summed E-state index contributed by atoms with van der Waals surface area (Å²) in [7, 11) is 0. The maximum atomic E-state index is 12.1. The molecule has 0 unspecified atom stereocenters. The summed E-state index contributed by atoms with van der Waals surface area (Å²) in [6.07, 6.45) is 2.99. The first-order valence-electron chi connectivity index (χ1n) is 6.61. The van der Waals surface area contributed by atoms with Crippen molar-refractivity contribution in [2.45, 2.75) is 0 Å². The maximum absolute atomic E-state index is 12.1. The number of amides is 2. The van der Waals surface area contributed by atoms with Crippen molar-refractivity contribution >= 4 is 35.7 Å². The average Bonchev–Trinajstić information content (AvgIpc) is 2.78. The van der Waals surface area contributed by atoms with Crippen molar-refractivity contribution in [3.63, 3.8) is 0 Å². The number of imide groups is 1. The van der Waals surface area contributed by atoms with Crippen LogP contribution < -0.4 is 0 Å². The van der Waals surface area contributed by atoms with Gasteiger partial charge in [-0.05, 0) is 23.8 Å². The number of allylic oxidation sites excluding steroid dienone is 1. The SMILES string of the molecule is O=C1c2ccccc2C(=O)N1/N=C\C(Cl)=C\c1ccccc1. The molecule has 0 saturated heterocycles. The van der Waals surface area contributed by atoms with E-state index in [1.807, 2.05) is 30.3 Å². The molecule has 1 aliphatic rings. The second-order valence-corrected chi connectivity index (χ2v) is 5.09. The van der Waals surface area contributed by atoms with E-state index in [1.165, 1.54) is 6.21 Å². The minimum absolute atomic E-state index is 0.322. The molecule has 2 aromatic carbocycles. The lowest BCUT2D eigenvalue weighted by molar-refractivity contribution is 0.0660. The fraction of sp³-hybridized carbons (Fsp3) is 0. The second-order valence-electron chi connectivity index (χ2n) is 4.65. The molecule has 1 heterocycles. The van der Waals surface area contributed by atoms with E-state index in [0.717, 1.165) is 10.6 Å². The number of hydrogen-bond donors (Lipinski definition) is 0. The van der Waals surface area contributed by atoms with Crippen LogP contribution in [0.2, 0.25) is 0 Å². The largest absolute Gasteiger partial charge is 0.282 e. The molecule has 0 bridgehead atoms. The molecule has 22 heavy (non-hydrogen) atoms. The molecule has 0 aliphatic carbocycles. The zero-order valence-electron chi connectivity index (χ0n) is 11.4. The third-order valence-electron chi connectivity index (χ3n) is 3.17. The molecule has 0 radical (unpaired) electrons. The van der Waals surface area contributed by atoms with Gasteiger partial charge < -0.3 is 0 Å². The molecule has 5 heteroatoms. The van der Waals surface area contributed by atoms with Gasteiger partial charge in [0.05, 0.1) is 22.4 Å². The normalized spacial score (nSPS) is 14.8. The smallest absolute Gasteiger partial charge is 0.267 e. The molecular weight excluding hydrogens is 300 g/mol. The molecule has 2 aromatic rings. The van der Waals surface area contributed by atoms with E-state index < -0.39 is 11.8 Å². The lowest BCUT2D eigenvalue weighted by Crippen LogP contribution is -2.23. The molecule has 2 amide bonds. The first-order chi connectivity index (χ1) is 10.7. The van der Waals surface area contributed by atoms with Crippen LogP contribution in [0.4, 0.5) is 0 Å². The van der Waals surface area contributed by atoms with Gasteiger partial charge >= 0.3 is 0 Å². The van der Waals surface area contributed by atoms with E-state index >= 15 is 0 Å². The van der Waals surface area contributed by atoms with Gasteiger partial charge in [0.15, 0.2) is 0 Å². The quantitative estimate of drug-likeness (QED) is 0.643. The average molecular weight is 311 g/mol. The van der Waals surface area contributed by atoms with Crippen LogP contribution in [-0.2, 0) is 0 Å². The number of halogens is 1. The molecule has 3 rings (SSSR count). The molecule has 0 fully saturated rings. The Morgan fingerprint density at radius 3 is 2.05 bits per heavy atom. The minimum atomic E-state index is -0.443. The maximum Gasteiger partial charge on any atom is 0.282 e. The molecular formula is C17H11ClN2O2. The van der Waals surface area contributed by atoms with Gasteiger partial charge in [-0.15, -0.1) is 0 Å². The van der Waals surface area contributed by atoms with Crippen molar-refractivity contribution < 1.29 is 9.59 Å². The summed E-state index contributed by atoms with van der Waals surface area (Å²) in [6.45, 7) is 0. The summed E-state index contributed by atoms with van der Waals surface area (Å²) in [5.74, 6) is -0.887. The number of carbonyl (C=O) groups is 2. The van der Waals surface area contributed by atoms with Crippen molar-refractivity contribution in [2.24, 2.45) is 5.10 Å². The van der Waals surface area contributed by atoms with E-state index in [9.17, 15) is 9.59 Å². The van der Waals surface area contributed by atoms with Crippen LogP contribution in [0.25, 0.3) is 6.08 Å². The third kappa shape index (κ3) is 2.69. The Balaban J connectivity index is 1.81. The highest BCUT2D eigenvalue weighted by Crippen LogP contribution is 2.22. The van der Waals surface area contributed by atoms with Gasteiger partial charge in [0.25, 0.3) is 11.8 Å². The van der Waals surface area contributed by atoms with Crippen molar-refractivity contribution in [1.82, 2.24) is 5.01 Å². The summed E-state index contributed by atoms with van der Waals surface area (Å²) in [6, 6.07) is 16.1. The molecule has 0 spiro atoms. The fourth-order valence-electron chi connectivity index (χ4n) is 2.14. The molecule has 108 valence electrons. The highest BCUT2D eigenvalue weighted by molar-refractivity contribution is 6.41. The number of nitrogens with zero attached hydrogens (tertiary/aromatic N) is 2. The predicted molar refractivity (Wildman–Crippen MR) is 85.7 cm³/mol. The molecule has 4 nitrogen and oxygen atoms in total. The Kier molecular flexibility index (Phi) is 3.85. The highest BCUT2D eigenvalue weighted by atomic mass is 35.5. The van der Waals surface area contributed by atoms with Crippen LogP contribution in [0.15, 0.2) is 64.7 Å². The summed E-state index contributed by atoms with van der Waals surface area (Å²) >= 11 is 6.06. The van der Waals surface area contributed by atoms with Gasteiger partial charge in [0.2, 0.25) is 0 Å². The van der Waals surface area contributed by atoms with Gasteiger partial charge in [-0.2, -0.15) is 10.1 Å². The number of hydrogen-bond acceptors (Lipinski definition) is 3. The van der Waals surface area contributed by atoms with Gasteiger partial charge in [-0.3, -0.25) is 9.59 Å². The monoisotopic (exact) mass is 310 g/mol. The Hall–Kier alpha value is -2.72. The Morgan fingerprint density at radius 1 is 0.909 bits per heavy atom. The first kappa shape index (κ1) is 14.2. The standard InChI is InChI=1S/C17H11ClN2O2/c18-13(10-12-6-2-1-3-7-12)11-19-20-16(21)14-8-4-5-9-15(14)17(20)22/h1-11H/b13-10-,19-11-.